The molecule has 0 unspecified atom stereocenters. The first-order valence-corrected chi connectivity index (χ1v) is 7.34. The molecule has 22 heavy (non-hydrogen) atoms. The van der Waals surface area contributed by atoms with E-state index >= 15 is 0 Å². The molecule has 0 amide bonds. The molecule has 0 aliphatic rings. The van der Waals surface area contributed by atoms with E-state index < -0.39 is 0 Å². The molecule has 3 rings (SSSR count). The van der Waals surface area contributed by atoms with Crippen LogP contribution in [0.5, 0.6) is 0 Å². The highest BCUT2D eigenvalue weighted by molar-refractivity contribution is 5.35. The van der Waals surface area contributed by atoms with Gasteiger partial charge in [-0.15, -0.1) is 5.10 Å². The Hall–Kier alpha value is -2.63. The van der Waals surface area contributed by atoms with Gasteiger partial charge in [0.2, 0.25) is 5.89 Å². The molecule has 0 spiro atoms. The van der Waals surface area contributed by atoms with E-state index in [1.165, 1.54) is 0 Å². The summed E-state index contributed by atoms with van der Waals surface area (Å²) in [4.78, 5) is 4.04. The fraction of sp³-hybridized carbons (Fsp3) is 0.312. The number of nitrogens with one attached hydrogen (secondary N) is 1. The van der Waals surface area contributed by atoms with Crippen LogP contribution in [0.3, 0.4) is 0 Å². The first-order chi connectivity index (χ1) is 10.7. The molecule has 0 bridgehead atoms. The highest BCUT2D eigenvalue weighted by Gasteiger charge is 2.07. The summed E-state index contributed by atoms with van der Waals surface area (Å²) in [5, 5.41) is 11.2. The van der Waals surface area contributed by atoms with Crippen molar-refractivity contribution in [1.29, 1.82) is 0 Å². The molecule has 0 saturated heterocycles. The van der Waals surface area contributed by atoms with Crippen LogP contribution in [0.15, 0.2) is 47.4 Å². The fourth-order valence-electron chi connectivity index (χ4n) is 2.13. The van der Waals surface area contributed by atoms with Gasteiger partial charge in [0.25, 0.3) is 0 Å². The summed E-state index contributed by atoms with van der Waals surface area (Å²) in [5.74, 6) is 1.18. The molecule has 6 heteroatoms. The molecule has 1 N–H and O–H groups in total. The van der Waals surface area contributed by atoms with Gasteiger partial charge in [-0.25, -0.2) is 4.98 Å². The van der Waals surface area contributed by atoms with E-state index in [2.05, 4.69) is 58.6 Å². The number of hydrogen-bond donors (Lipinski definition) is 1. The molecule has 3 aromatic rings. The topological polar surface area (TPSA) is 68.8 Å². The summed E-state index contributed by atoms with van der Waals surface area (Å²) in [6.45, 7) is 4.89. The van der Waals surface area contributed by atoms with Crippen molar-refractivity contribution in [1.82, 2.24) is 19.7 Å². The second kappa shape index (κ2) is 6.43. The zero-order valence-corrected chi connectivity index (χ0v) is 12.7. The summed E-state index contributed by atoms with van der Waals surface area (Å²) in [6, 6.07) is 8.70. The van der Waals surface area contributed by atoms with E-state index in [9.17, 15) is 0 Å². The highest BCUT2D eigenvalue weighted by Crippen LogP contribution is 2.13. The molecular formula is C16H19N5O. The second-order valence-corrected chi connectivity index (χ2v) is 5.59. The Morgan fingerprint density at radius 3 is 2.68 bits per heavy atom. The van der Waals surface area contributed by atoms with E-state index in [1.807, 2.05) is 10.8 Å². The quantitative estimate of drug-likeness (QED) is 0.757. The number of imidazole rings is 1. The lowest BCUT2D eigenvalue weighted by Gasteiger charge is -2.05. The van der Waals surface area contributed by atoms with Gasteiger partial charge in [-0.2, -0.15) is 0 Å². The van der Waals surface area contributed by atoms with Crippen LogP contribution < -0.4 is 5.32 Å². The lowest BCUT2D eigenvalue weighted by Crippen LogP contribution is -2.00. The van der Waals surface area contributed by atoms with Crippen molar-refractivity contribution < 1.29 is 4.42 Å². The van der Waals surface area contributed by atoms with Crippen LogP contribution in [0.4, 0.5) is 6.01 Å². The molecule has 0 fully saturated rings. The van der Waals surface area contributed by atoms with Crippen molar-refractivity contribution in [2.75, 3.05) is 5.32 Å². The smallest absolute Gasteiger partial charge is 0.315 e. The fourth-order valence-corrected chi connectivity index (χ4v) is 2.13. The lowest BCUT2D eigenvalue weighted by atomic mass is 10.1. The summed E-state index contributed by atoms with van der Waals surface area (Å²) >= 11 is 0. The van der Waals surface area contributed by atoms with Gasteiger partial charge >= 0.3 is 6.01 Å². The first kappa shape index (κ1) is 14.3. The predicted octanol–water partition coefficient (Wildman–Crippen LogP) is 3.07. The van der Waals surface area contributed by atoms with E-state index in [0.717, 1.165) is 17.7 Å². The van der Waals surface area contributed by atoms with Gasteiger partial charge in [0.1, 0.15) is 0 Å². The monoisotopic (exact) mass is 297 g/mol. The predicted molar refractivity (Wildman–Crippen MR) is 83.7 cm³/mol. The van der Waals surface area contributed by atoms with Crippen molar-refractivity contribution in [3.63, 3.8) is 0 Å². The van der Waals surface area contributed by atoms with Crippen LogP contribution in [0.1, 0.15) is 25.3 Å². The van der Waals surface area contributed by atoms with Crippen molar-refractivity contribution in [3.8, 4) is 5.69 Å². The van der Waals surface area contributed by atoms with E-state index in [-0.39, 0.29) is 0 Å². The molecule has 0 radical (unpaired) electrons. The third-order valence-electron chi connectivity index (χ3n) is 3.23. The van der Waals surface area contributed by atoms with Crippen LogP contribution in [0.25, 0.3) is 5.69 Å². The zero-order valence-electron chi connectivity index (χ0n) is 12.7. The van der Waals surface area contributed by atoms with Gasteiger partial charge in [-0.05, 0) is 23.6 Å². The molecule has 6 nitrogen and oxygen atoms in total. The molecular weight excluding hydrogens is 278 g/mol. The zero-order chi connectivity index (χ0) is 15.4. The second-order valence-electron chi connectivity index (χ2n) is 5.59. The van der Waals surface area contributed by atoms with Gasteiger partial charge in [-0.3, -0.25) is 0 Å². The van der Waals surface area contributed by atoms with Crippen LogP contribution in [-0.4, -0.2) is 19.7 Å². The van der Waals surface area contributed by atoms with Crippen LogP contribution in [0, 0.1) is 5.92 Å². The SMILES string of the molecule is CC(C)Cc1nnc(NCc2ccc(-n3ccnc3)cc2)o1. The maximum absolute atomic E-state index is 5.55. The first-order valence-electron chi connectivity index (χ1n) is 7.34. The maximum atomic E-state index is 5.55. The normalized spacial score (nSPS) is 11.0. The Balaban J connectivity index is 1.58. The molecule has 2 heterocycles. The summed E-state index contributed by atoms with van der Waals surface area (Å²) in [6.07, 6.45) is 6.26. The molecule has 0 saturated carbocycles. The Bertz CT molecular complexity index is 700. The van der Waals surface area contributed by atoms with E-state index in [1.54, 1.807) is 12.5 Å². The minimum atomic E-state index is 0.467. The lowest BCUT2D eigenvalue weighted by molar-refractivity contribution is 0.465. The van der Waals surface area contributed by atoms with Gasteiger partial charge in [0.15, 0.2) is 0 Å². The molecule has 114 valence electrons. The van der Waals surface area contributed by atoms with E-state index in [4.69, 9.17) is 4.42 Å². The van der Waals surface area contributed by atoms with Crippen molar-refractivity contribution in [2.45, 2.75) is 26.8 Å². The number of hydrogen-bond acceptors (Lipinski definition) is 5. The summed E-state index contributed by atoms with van der Waals surface area (Å²) in [5.41, 5.74) is 2.23. The van der Waals surface area contributed by atoms with Crippen LogP contribution in [0.2, 0.25) is 0 Å². The molecule has 1 aromatic carbocycles. The van der Waals surface area contributed by atoms with Gasteiger partial charge in [-0.1, -0.05) is 31.1 Å². The summed E-state index contributed by atoms with van der Waals surface area (Å²) in [7, 11) is 0. The number of rotatable bonds is 6. The van der Waals surface area contributed by atoms with Crippen molar-refractivity contribution in [2.24, 2.45) is 5.92 Å². The largest absolute Gasteiger partial charge is 0.408 e. The van der Waals surface area contributed by atoms with Gasteiger partial charge in [0, 0.05) is 31.0 Å². The average Bonchev–Trinajstić information content (AvgIpc) is 3.17. The average molecular weight is 297 g/mol. The number of benzene rings is 1. The molecule has 0 aliphatic heterocycles. The molecule has 2 aromatic heterocycles. The Kier molecular flexibility index (Phi) is 4.18. The Morgan fingerprint density at radius 1 is 1.18 bits per heavy atom. The third kappa shape index (κ3) is 3.52. The number of nitrogens with zero attached hydrogens (tertiary/aromatic N) is 4. The van der Waals surface area contributed by atoms with Crippen molar-refractivity contribution in [3.05, 3.63) is 54.4 Å². The Morgan fingerprint density at radius 2 is 2.00 bits per heavy atom. The van der Waals surface area contributed by atoms with Crippen LogP contribution >= 0.6 is 0 Å². The highest BCUT2D eigenvalue weighted by atomic mass is 16.4. The van der Waals surface area contributed by atoms with E-state index in [0.29, 0.717) is 24.4 Å². The van der Waals surface area contributed by atoms with Crippen LogP contribution in [-0.2, 0) is 13.0 Å². The van der Waals surface area contributed by atoms with Gasteiger partial charge < -0.3 is 14.3 Å². The third-order valence-corrected chi connectivity index (χ3v) is 3.23. The minimum Gasteiger partial charge on any atom is -0.408 e. The molecule has 0 aliphatic carbocycles. The summed E-state index contributed by atoms with van der Waals surface area (Å²) < 4.78 is 7.52. The minimum absolute atomic E-state index is 0.467. The Labute approximate surface area is 129 Å². The number of aromatic nitrogens is 4. The number of anilines is 1. The standard InChI is InChI=1S/C16H19N5O/c1-12(2)9-15-19-20-16(22-15)18-10-13-3-5-14(6-4-13)21-8-7-17-11-21/h3-8,11-12H,9-10H2,1-2H3,(H,18,20). The maximum Gasteiger partial charge on any atom is 0.315 e. The van der Waals surface area contributed by atoms with Crippen molar-refractivity contribution >= 4 is 6.01 Å². The van der Waals surface area contributed by atoms with Gasteiger partial charge in [0.05, 0.1) is 6.33 Å². The molecule has 0 atom stereocenters.